The molecule has 1 atom stereocenters. The molecule has 0 bridgehead atoms. The zero-order valence-corrected chi connectivity index (χ0v) is 12.5. The molecule has 0 saturated carbocycles. The van der Waals surface area contributed by atoms with Gasteiger partial charge < -0.3 is 9.67 Å². The lowest BCUT2D eigenvalue weighted by Gasteiger charge is -2.09. The topological polar surface area (TPSA) is 50.9 Å². The third-order valence-electron chi connectivity index (χ3n) is 3.21. The van der Waals surface area contributed by atoms with Gasteiger partial charge in [-0.3, -0.25) is 0 Å². The van der Waals surface area contributed by atoms with E-state index >= 15 is 0 Å². The van der Waals surface area contributed by atoms with Gasteiger partial charge in [-0.2, -0.15) is 0 Å². The standard InChI is InChI=1S/C14H14ClN3OS/c1-2-18-10-6-4-3-5-9(10)17-13(18)7-11(19)14-16-8-12(15)20-14/h3-6,8,11,19H,2,7H2,1H3. The molecule has 0 aliphatic carbocycles. The van der Waals surface area contributed by atoms with E-state index in [2.05, 4.69) is 21.5 Å². The molecule has 6 heteroatoms. The van der Waals surface area contributed by atoms with Crippen molar-refractivity contribution < 1.29 is 5.11 Å². The normalized spacial score (nSPS) is 12.9. The number of thiazole rings is 1. The molecule has 3 rings (SSSR count). The van der Waals surface area contributed by atoms with Crippen LogP contribution in [0.15, 0.2) is 30.5 Å². The van der Waals surface area contributed by atoms with Gasteiger partial charge in [-0.1, -0.05) is 23.7 Å². The molecule has 104 valence electrons. The molecule has 2 heterocycles. The average molecular weight is 308 g/mol. The van der Waals surface area contributed by atoms with Crippen LogP contribution in [-0.4, -0.2) is 19.6 Å². The number of rotatable bonds is 4. The Labute approximate surface area is 125 Å². The number of fused-ring (bicyclic) bond motifs is 1. The lowest BCUT2D eigenvalue weighted by atomic mass is 10.2. The van der Waals surface area contributed by atoms with Gasteiger partial charge in [0.05, 0.1) is 17.2 Å². The highest BCUT2D eigenvalue weighted by Crippen LogP contribution is 2.27. The minimum absolute atomic E-state index is 0.437. The van der Waals surface area contributed by atoms with Crippen molar-refractivity contribution in [3.63, 3.8) is 0 Å². The number of para-hydroxylation sites is 2. The first-order valence-electron chi connectivity index (χ1n) is 6.42. The smallest absolute Gasteiger partial charge is 0.123 e. The van der Waals surface area contributed by atoms with Crippen LogP contribution in [-0.2, 0) is 13.0 Å². The van der Waals surface area contributed by atoms with Crippen LogP contribution in [0.25, 0.3) is 11.0 Å². The van der Waals surface area contributed by atoms with E-state index in [1.807, 2.05) is 24.3 Å². The second kappa shape index (κ2) is 5.52. The Balaban J connectivity index is 1.94. The molecule has 1 unspecified atom stereocenters. The fourth-order valence-corrected chi connectivity index (χ4v) is 3.23. The van der Waals surface area contributed by atoms with Crippen LogP contribution in [0.2, 0.25) is 4.34 Å². The fraction of sp³-hybridized carbons (Fsp3) is 0.286. The predicted molar refractivity (Wildman–Crippen MR) is 81.2 cm³/mol. The van der Waals surface area contributed by atoms with Gasteiger partial charge in [0.25, 0.3) is 0 Å². The molecule has 0 amide bonds. The van der Waals surface area contributed by atoms with Gasteiger partial charge >= 0.3 is 0 Å². The first-order chi connectivity index (χ1) is 9.69. The van der Waals surface area contributed by atoms with Gasteiger partial charge in [-0.25, -0.2) is 9.97 Å². The van der Waals surface area contributed by atoms with Crippen LogP contribution < -0.4 is 0 Å². The minimum atomic E-state index is -0.672. The van der Waals surface area contributed by atoms with Crippen molar-refractivity contribution in [1.29, 1.82) is 0 Å². The second-order valence-electron chi connectivity index (χ2n) is 4.48. The maximum absolute atomic E-state index is 10.3. The molecule has 0 saturated heterocycles. The SMILES string of the molecule is CCn1c(CC(O)c2ncc(Cl)s2)nc2ccccc21. The Kier molecular flexibility index (Phi) is 3.74. The van der Waals surface area contributed by atoms with E-state index in [1.54, 1.807) is 6.20 Å². The Morgan fingerprint density at radius 3 is 2.90 bits per heavy atom. The predicted octanol–water partition coefficient (Wildman–Crippen LogP) is 3.44. The van der Waals surface area contributed by atoms with Crippen molar-refractivity contribution in [1.82, 2.24) is 14.5 Å². The molecule has 20 heavy (non-hydrogen) atoms. The van der Waals surface area contributed by atoms with E-state index in [0.717, 1.165) is 23.4 Å². The number of aliphatic hydroxyl groups is 1. The molecule has 2 aromatic heterocycles. The highest BCUT2D eigenvalue weighted by Gasteiger charge is 2.17. The highest BCUT2D eigenvalue weighted by molar-refractivity contribution is 7.15. The highest BCUT2D eigenvalue weighted by atomic mass is 35.5. The van der Waals surface area contributed by atoms with E-state index in [4.69, 9.17) is 11.6 Å². The molecule has 0 aliphatic heterocycles. The van der Waals surface area contributed by atoms with Crippen molar-refractivity contribution in [2.75, 3.05) is 0 Å². The van der Waals surface area contributed by atoms with E-state index < -0.39 is 6.10 Å². The summed E-state index contributed by atoms with van der Waals surface area (Å²) < 4.78 is 2.70. The molecular weight excluding hydrogens is 294 g/mol. The van der Waals surface area contributed by atoms with E-state index in [0.29, 0.717) is 15.8 Å². The van der Waals surface area contributed by atoms with Crippen LogP contribution in [0.3, 0.4) is 0 Å². The number of aliphatic hydroxyl groups excluding tert-OH is 1. The van der Waals surface area contributed by atoms with Gasteiger partial charge in [-0.15, -0.1) is 11.3 Å². The summed E-state index contributed by atoms with van der Waals surface area (Å²) in [4.78, 5) is 8.72. The summed E-state index contributed by atoms with van der Waals surface area (Å²) in [7, 11) is 0. The van der Waals surface area contributed by atoms with Crippen LogP contribution in [0.1, 0.15) is 23.9 Å². The van der Waals surface area contributed by atoms with E-state index in [-0.39, 0.29) is 0 Å². The third kappa shape index (κ3) is 2.44. The maximum Gasteiger partial charge on any atom is 0.123 e. The summed E-state index contributed by atoms with van der Waals surface area (Å²) in [6, 6.07) is 7.99. The lowest BCUT2D eigenvalue weighted by molar-refractivity contribution is 0.174. The van der Waals surface area contributed by atoms with Crippen LogP contribution in [0.5, 0.6) is 0 Å². The molecule has 0 spiro atoms. The average Bonchev–Trinajstić information content (AvgIpc) is 3.01. The summed E-state index contributed by atoms with van der Waals surface area (Å²) in [5.41, 5.74) is 2.04. The summed E-state index contributed by atoms with van der Waals surface area (Å²) in [6.07, 6.45) is 1.33. The summed E-state index contributed by atoms with van der Waals surface area (Å²) in [6.45, 7) is 2.89. The number of hydrogen-bond donors (Lipinski definition) is 1. The van der Waals surface area contributed by atoms with Gasteiger partial charge in [-0.05, 0) is 19.1 Å². The number of imidazole rings is 1. The molecule has 0 radical (unpaired) electrons. The Bertz CT molecular complexity index is 737. The Morgan fingerprint density at radius 1 is 1.40 bits per heavy atom. The van der Waals surface area contributed by atoms with Crippen molar-refractivity contribution in [2.45, 2.75) is 26.0 Å². The zero-order chi connectivity index (χ0) is 14.1. The molecule has 1 aromatic carbocycles. The molecule has 3 aromatic rings. The van der Waals surface area contributed by atoms with Gasteiger partial charge in [0.1, 0.15) is 21.3 Å². The third-order valence-corrected chi connectivity index (χ3v) is 4.42. The minimum Gasteiger partial charge on any atom is -0.385 e. The fourth-order valence-electron chi connectivity index (χ4n) is 2.32. The summed E-state index contributed by atoms with van der Waals surface area (Å²) in [5.74, 6) is 0.868. The Hall–Kier alpha value is -1.43. The molecule has 1 N–H and O–H groups in total. The largest absolute Gasteiger partial charge is 0.385 e. The number of halogens is 1. The number of nitrogens with zero attached hydrogens (tertiary/aromatic N) is 3. The number of benzene rings is 1. The van der Waals surface area contributed by atoms with Crippen LogP contribution in [0.4, 0.5) is 0 Å². The van der Waals surface area contributed by atoms with E-state index in [9.17, 15) is 5.11 Å². The van der Waals surface area contributed by atoms with Crippen LogP contribution >= 0.6 is 22.9 Å². The first-order valence-corrected chi connectivity index (χ1v) is 7.62. The zero-order valence-electron chi connectivity index (χ0n) is 11.0. The monoisotopic (exact) mass is 307 g/mol. The number of aromatic nitrogens is 3. The molecule has 0 fully saturated rings. The van der Waals surface area contributed by atoms with Crippen molar-refractivity contribution in [3.8, 4) is 0 Å². The number of hydrogen-bond acceptors (Lipinski definition) is 4. The van der Waals surface area contributed by atoms with Gasteiger partial charge in [0.2, 0.25) is 0 Å². The number of aryl methyl sites for hydroxylation is 1. The first kappa shape index (κ1) is 13.5. The molecule has 0 aliphatic rings. The maximum atomic E-state index is 10.3. The Morgan fingerprint density at radius 2 is 2.20 bits per heavy atom. The van der Waals surface area contributed by atoms with Gasteiger partial charge in [0, 0.05) is 13.0 Å². The van der Waals surface area contributed by atoms with Crippen molar-refractivity contribution >= 4 is 34.0 Å². The second-order valence-corrected chi connectivity index (χ2v) is 6.18. The molecular formula is C14H14ClN3OS. The summed E-state index contributed by atoms with van der Waals surface area (Å²) >= 11 is 7.16. The quantitative estimate of drug-likeness (QED) is 0.803. The van der Waals surface area contributed by atoms with Crippen LogP contribution in [0, 0.1) is 0 Å². The molecule has 4 nitrogen and oxygen atoms in total. The lowest BCUT2D eigenvalue weighted by Crippen LogP contribution is -2.08. The van der Waals surface area contributed by atoms with Crippen molar-refractivity contribution in [2.24, 2.45) is 0 Å². The summed E-state index contributed by atoms with van der Waals surface area (Å²) in [5, 5.41) is 10.9. The van der Waals surface area contributed by atoms with Gasteiger partial charge in [0.15, 0.2) is 0 Å². The van der Waals surface area contributed by atoms with E-state index in [1.165, 1.54) is 11.3 Å². The van der Waals surface area contributed by atoms with Crippen molar-refractivity contribution in [3.05, 3.63) is 45.6 Å².